The van der Waals surface area contributed by atoms with Crippen molar-refractivity contribution in [3.8, 4) is 6.07 Å². The molecule has 0 unspecified atom stereocenters. The first-order valence-electron chi connectivity index (χ1n) is 6.09. The van der Waals surface area contributed by atoms with Gasteiger partial charge in [-0.3, -0.25) is 9.59 Å². The summed E-state index contributed by atoms with van der Waals surface area (Å²) in [4.78, 5) is 24.4. The largest absolute Gasteiger partial charge is 0.325 e. The summed E-state index contributed by atoms with van der Waals surface area (Å²) in [5.41, 5.74) is 1.14. The van der Waals surface area contributed by atoms with Crippen molar-refractivity contribution in [1.29, 1.82) is 5.26 Å². The minimum absolute atomic E-state index is 0.107. The van der Waals surface area contributed by atoms with E-state index in [0.29, 0.717) is 29.7 Å². The van der Waals surface area contributed by atoms with E-state index in [9.17, 15) is 9.59 Å². The molecule has 0 bridgehead atoms. The van der Waals surface area contributed by atoms with E-state index in [2.05, 4.69) is 5.10 Å². The fourth-order valence-corrected chi connectivity index (χ4v) is 2.27. The summed E-state index contributed by atoms with van der Waals surface area (Å²) in [6.45, 7) is 3.57. The Morgan fingerprint density at radius 3 is 2.68 bits per heavy atom. The van der Waals surface area contributed by atoms with Gasteiger partial charge in [-0.2, -0.15) is 14.9 Å². The molecule has 0 saturated heterocycles. The zero-order chi connectivity index (χ0) is 14.2. The van der Waals surface area contributed by atoms with Crippen molar-refractivity contribution < 1.29 is 4.79 Å². The van der Waals surface area contributed by atoms with Crippen molar-refractivity contribution in [2.75, 3.05) is 0 Å². The molecule has 2 rings (SSSR count). The van der Waals surface area contributed by atoms with Gasteiger partial charge in [0.05, 0.1) is 11.9 Å². The molecule has 0 aliphatic rings. The molecule has 0 spiro atoms. The highest BCUT2D eigenvalue weighted by Gasteiger charge is 2.21. The normalized spacial score (nSPS) is 10.6. The van der Waals surface area contributed by atoms with Crippen LogP contribution in [0.2, 0.25) is 0 Å². The van der Waals surface area contributed by atoms with Crippen molar-refractivity contribution in [1.82, 2.24) is 14.2 Å². The Labute approximate surface area is 109 Å². The number of nitriles is 1. The van der Waals surface area contributed by atoms with Crippen molar-refractivity contribution in [2.24, 2.45) is 7.05 Å². The van der Waals surface area contributed by atoms with Gasteiger partial charge in [0.1, 0.15) is 11.6 Å². The van der Waals surface area contributed by atoms with Gasteiger partial charge in [-0.1, -0.05) is 13.8 Å². The van der Waals surface area contributed by atoms with Crippen LogP contribution in [0.15, 0.2) is 11.0 Å². The highest BCUT2D eigenvalue weighted by Crippen LogP contribution is 2.14. The van der Waals surface area contributed by atoms with E-state index in [1.807, 2.05) is 13.0 Å². The molecule has 0 radical (unpaired) electrons. The summed E-state index contributed by atoms with van der Waals surface area (Å²) in [6, 6.07) is 1.99. The number of carbonyl (C=O) groups excluding carboxylic acids is 1. The number of carbonyl (C=O) groups is 1. The Bertz CT molecular complexity index is 762. The quantitative estimate of drug-likeness (QED) is 0.771. The van der Waals surface area contributed by atoms with Gasteiger partial charge in [0, 0.05) is 19.0 Å². The van der Waals surface area contributed by atoms with Crippen LogP contribution in [-0.2, 0) is 13.5 Å². The third-order valence-electron chi connectivity index (χ3n) is 3.19. The molecule has 2 aromatic heterocycles. The average Bonchev–Trinajstić information content (AvgIpc) is 2.85. The van der Waals surface area contributed by atoms with E-state index >= 15 is 0 Å². The molecule has 19 heavy (non-hydrogen) atoms. The zero-order valence-electron chi connectivity index (χ0n) is 11.1. The second-order valence-electron chi connectivity index (χ2n) is 4.23. The fraction of sp³-hybridized carbons (Fsp3) is 0.385. The molecule has 0 atom stereocenters. The lowest BCUT2D eigenvalue weighted by atomic mass is 10.1. The van der Waals surface area contributed by atoms with Crippen LogP contribution in [0.1, 0.15) is 41.9 Å². The molecule has 98 valence electrons. The van der Waals surface area contributed by atoms with Crippen molar-refractivity contribution >= 4 is 11.4 Å². The van der Waals surface area contributed by atoms with Gasteiger partial charge in [-0.25, -0.2) is 0 Å². The molecule has 0 aromatic carbocycles. The van der Waals surface area contributed by atoms with E-state index in [-0.39, 0.29) is 16.9 Å². The lowest BCUT2D eigenvalue weighted by Crippen LogP contribution is -2.28. The molecule has 2 heterocycles. The van der Waals surface area contributed by atoms with E-state index in [4.69, 9.17) is 5.26 Å². The fourth-order valence-electron chi connectivity index (χ4n) is 2.27. The molecule has 6 nitrogen and oxygen atoms in total. The van der Waals surface area contributed by atoms with Crippen LogP contribution in [0.3, 0.4) is 0 Å². The molecular formula is C13H14N4O2. The van der Waals surface area contributed by atoms with Crippen LogP contribution in [-0.4, -0.2) is 20.0 Å². The van der Waals surface area contributed by atoms with Gasteiger partial charge in [0.15, 0.2) is 11.4 Å². The monoisotopic (exact) mass is 258 g/mol. The number of aromatic nitrogens is 3. The molecule has 0 amide bonds. The maximum absolute atomic E-state index is 12.3. The zero-order valence-corrected chi connectivity index (χ0v) is 11.1. The van der Waals surface area contributed by atoms with Gasteiger partial charge in [0.2, 0.25) is 0 Å². The molecule has 6 heteroatoms. The number of nitrogens with zero attached hydrogens (tertiary/aromatic N) is 4. The Morgan fingerprint density at radius 1 is 1.47 bits per heavy atom. The molecule has 0 saturated carbocycles. The second-order valence-corrected chi connectivity index (χ2v) is 4.23. The van der Waals surface area contributed by atoms with Gasteiger partial charge in [-0.05, 0) is 6.42 Å². The first-order valence-corrected chi connectivity index (χ1v) is 6.09. The molecule has 0 N–H and O–H groups in total. The van der Waals surface area contributed by atoms with Crippen LogP contribution in [0.25, 0.3) is 5.65 Å². The maximum atomic E-state index is 12.3. The topological polar surface area (TPSA) is 80.2 Å². The van der Waals surface area contributed by atoms with E-state index < -0.39 is 0 Å². The first kappa shape index (κ1) is 13.0. The number of hydrogen-bond donors (Lipinski definition) is 0. The Balaban J connectivity index is 3.03. The Morgan fingerprint density at radius 2 is 2.16 bits per heavy atom. The second kappa shape index (κ2) is 4.69. The Kier molecular flexibility index (Phi) is 3.21. The predicted molar refractivity (Wildman–Crippen MR) is 69.1 cm³/mol. The van der Waals surface area contributed by atoms with Gasteiger partial charge >= 0.3 is 0 Å². The lowest BCUT2D eigenvalue weighted by Gasteiger charge is -2.13. The number of fused-ring (bicyclic) bond motifs is 1. The number of rotatable bonds is 3. The lowest BCUT2D eigenvalue weighted by molar-refractivity contribution is 0.0978. The van der Waals surface area contributed by atoms with Crippen molar-refractivity contribution in [2.45, 2.75) is 26.7 Å². The average molecular weight is 258 g/mol. The van der Waals surface area contributed by atoms with Gasteiger partial charge in [-0.15, -0.1) is 0 Å². The van der Waals surface area contributed by atoms with Crippen LogP contribution in [0, 0.1) is 11.3 Å². The highest BCUT2D eigenvalue weighted by molar-refractivity contribution is 5.96. The minimum atomic E-state index is -0.325. The third kappa shape index (κ3) is 1.74. The molecule has 0 aliphatic heterocycles. The van der Waals surface area contributed by atoms with Crippen LogP contribution in [0.4, 0.5) is 0 Å². The first-order chi connectivity index (χ1) is 9.06. The van der Waals surface area contributed by atoms with Crippen molar-refractivity contribution in [3.05, 3.63) is 33.4 Å². The summed E-state index contributed by atoms with van der Waals surface area (Å²) in [5, 5.41) is 13.0. The van der Waals surface area contributed by atoms with Crippen molar-refractivity contribution in [3.63, 3.8) is 0 Å². The molecular weight excluding hydrogens is 244 g/mol. The number of Topliss-reactive ketones (excluding diaryl/α,β-unsaturated/α-hetero) is 1. The molecule has 2 aromatic rings. The number of hydrogen-bond acceptors (Lipinski definition) is 4. The molecule has 0 fully saturated rings. The Hall–Kier alpha value is -2.42. The SMILES string of the molecule is CCC(=O)c1c(CC)c(=O)n2ncc(C#N)c2n1C. The molecule has 0 aliphatic carbocycles. The predicted octanol–water partition coefficient (Wildman–Crippen LogP) is 1.06. The number of ketones is 1. The summed E-state index contributed by atoms with van der Waals surface area (Å²) in [6.07, 6.45) is 2.11. The standard InChI is InChI=1S/C13H14N4O2/c1-4-9-11(10(18)5-2)16(3)12-8(6-14)7-15-17(12)13(9)19/h7H,4-5H2,1-3H3. The van der Waals surface area contributed by atoms with Gasteiger partial charge in [0.25, 0.3) is 5.56 Å². The van der Waals surface area contributed by atoms with E-state index in [1.54, 1.807) is 18.5 Å². The number of aryl methyl sites for hydroxylation is 1. The van der Waals surface area contributed by atoms with Gasteiger partial charge < -0.3 is 4.57 Å². The summed E-state index contributed by atoms with van der Waals surface area (Å²) in [7, 11) is 1.68. The summed E-state index contributed by atoms with van der Waals surface area (Å²) in [5.74, 6) is -0.107. The smallest absolute Gasteiger partial charge is 0.278 e. The van der Waals surface area contributed by atoms with E-state index in [1.165, 1.54) is 10.7 Å². The summed E-state index contributed by atoms with van der Waals surface area (Å²) >= 11 is 0. The van der Waals surface area contributed by atoms with E-state index in [0.717, 1.165) is 0 Å². The summed E-state index contributed by atoms with van der Waals surface area (Å²) < 4.78 is 2.78. The van der Waals surface area contributed by atoms with Crippen LogP contribution >= 0.6 is 0 Å². The van der Waals surface area contributed by atoms with Crippen LogP contribution < -0.4 is 5.56 Å². The maximum Gasteiger partial charge on any atom is 0.278 e. The third-order valence-corrected chi connectivity index (χ3v) is 3.19. The highest BCUT2D eigenvalue weighted by atomic mass is 16.1. The minimum Gasteiger partial charge on any atom is -0.325 e. The van der Waals surface area contributed by atoms with Crippen LogP contribution in [0.5, 0.6) is 0 Å².